The van der Waals surface area contributed by atoms with Gasteiger partial charge in [-0.15, -0.1) is 0 Å². The van der Waals surface area contributed by atoms with Crippen molar-refractivity contribution in [3.05, 3.63) is 29.5 Å². The standard InChI is InChI=1S/C21H30N2O3/c1-6-25-15-9-10-19-17(13-15)16(18-8-7-11-23(18)19)12-14(2)22-20(24)26-21(3,4)5/h9-10,13-14H,6-8,11-12H2,1-5H3,(H,22,24)/t14-/m0/s1. The molecule has 0 aliphatic carbocycles. The Balaban J connectivity index is 1.84. The zero-order chi connectivity index (χ0) is 18.9. The van der Waals surface area contributed by atoms with Gasteiger partial charge in [-0.1, -0.05) is 0 Å². The molecule has 0 saturated carbocycles. The number of nitrogens with zero attached hydrogens (tertiary/aromatic N) is 1. The average molecular weight is 358 g/mol. The van der Waals surface area contributed by atoms with E-state index in [1.807, 2.05) is 40.7 Å². The maximum atomic E-state index is 12.1. The van der Waals surface area contributed by atoms with E-state index in [0.29, 0.717) is 6.61 Å². The first-order valence-corrected chi connectivity index (χ1v) is 9.55. The fraction of sp³-hybridized carbons (Fsp3) is 0.571. The van der Waals surface area contributed by atoms with Gasteiger partial charge in [0, 0.05) is 29.2 Å². The minimum absolute atomic E-state index is 0.00324. The van der Waals surface area contributed by atoms with Gasteiger partial charge in [-0.2, -0.15) is 0 Å². The molecule has 1 atom stereocenters. The van der Waals surface area contributed by atoms with Crippen LogP contribution in [0.4, 0.5) is 4.79 Å². The summed E-state index contributed by atoms with van der Waals surface area (Å²) in [4.78, 5) is 12.1. The Morgan fingerprint density at radius 1 is 1.35 bits per heavy atom. The van der Waals surface area contributed by atoms with Crippen LogP contribution in [-0.4, -0.2) is 28.9 Å². The third-order valence-corrected chi connectivity index (χ3v) is 4.64. The highest BCUT2D eigenvalue weighted by Crippen LogP contribution is 2.34. The van der Waals surface area contributed by atoms with E-state index >= 15 is 0 Å². The maximum absolute atomic E-state index is 12.1. The zero-order valence-electron chi connectivity index (χ0n) is 16.5. The summed E-state index contributed by atoms with van der Waals surface area (Å²) in [6, 6.07) is 6.34. The number of carbonyl (C=O) groups excluding carboxylic acids is 1. The van der Waals surface area contributed by atoms with Crippen LogP contribution in [0.15, 0.2) is 18.2 Å². The Morgan fingerprint density at radius 3 is 2.81 bits per heavy atom. The number of aromatic nitrogens is 1. The number of hydrogen-bond donors (Lipinski definition) is 1. The summed E-state index contributed by atoms with van der Waals surface area (Å²) in [5.41, 5.74) is 3.50. The molecule has 1 aliphatic rings. The Labute approximate surface area is 155 Å². The Hall–Kier alpha value is -2.17. The largest absolute Gasteiger partial charge is 0.494 e. The fourth-order valence-corrected chi connectivity index (χ4v) is 3.75. The Bertz CT molecular complexity index is 802. The SMILES string of the molecule is CCOc1ccc2c(c1)c(C[C@H](C)NC(=O)OC(C)(C)C)c1n2CCC1. The summed E-state index contributed by atoms with van der Waals surface area (Å²) >= 11 is 0. The van der Waals surface area contributed by atoms with Crippen LogP contribution in [0, 0.1) is 0 Å². The van der Waals surface area contributed by atoms with E-state index in [4.69, 9.17) is 9.47 Å². The molecule has 3 rings (SSSR count). The lowest BCUT2D eigenvalue weighted by Gasteiger charge is -2.22. The van der Waals surface area contributed by atoms with Crippen LogP contribution in [0.5, 0.6) is 5.75 Å². The quantitative estimate of drug-likeness (QED) is 0.859. The molecule has 5 heteroatoms. The smallest absolute Gasteiger partial charge is 0.407 e. The Kier molecular flexibility index (Phi) is 5.17. The molecule has 26 heavy (non-hydrogen) atoms. The van der Waals surface area contributed by atoms with Gasteiger partial charge in [-0.25, -0.2) is 4.79 Å². The molecule has 0 saturated heterocycles. The van der Waals surface area contributed by atoms with Crippen molar-refractivity contribution in [3.8, 4) is 5.75 Å². The van der Waals surface area contributed by atoms with Crippen molar-refractivity contribution >= 4 is 17.0 Å². The van der Waals surface area contributed by atoms with Gasteiger partial charge < -0.3 is 19.4 Å². The van der Waals surface area contributed by atoms with Crippen LogP contribution < -0.4 is 10.1 Å². The molecule has 0 unspecified atom stereocenters. The third-order valence-electron chi connectivity index (χ3n) is 4.64. The fourth-order valence-electron chi connectivity index (χ4n) is 3.75. The monoisotopic (exact) mass is 358 g/mol. The average Bonchev–Trinajstić information content (AvgIpc) is 3.08. The molecule has 0 bridgehead atoms. The first kappa shape index (κ1) is 18.6. The van der Waals surface area contributed by atoms with E-state index < -0.39 is 5.60 Å². The summed E-state index contributed by atoms with van der Waals surface area (Å²) in [5.74, 6) is 0.901. The molecular formula is C21H30N2O3. The molecule has 2 aromatic rings. The molecule has 2 heterocycles. The van der Waals surface area contributed by atoms with Crippen molar-refractivity contribution in [2.45, 2.75) is 72.1 Å². The van der Waals surface area contributed by atoms with Gasteiger partial charge in [-0.3, -0.25) is 0 Å². The minimum atomic E-state index is -0.486. The van der Waals surface area contributed by atoms with Gasteiger partial charge in [0.2, 0.25) is 0 Å². The maximum Gasteiger partial charge on any atom is 0.407 e. The lowest BCUT2D eigenvalue weighted by atomic mass is 10.0. The summed E-state index contributed by atoms with van der Waals surface area (Å²) in [6.07, 6.45) is 2.69. The number of fused-ring (bicyclic) bond motifs is 3. The number of ether oxygens (including phenoxy) is 2. The lowest BCUT2D eigenvalue weighted by Crippen LogP contribution is -2.38. The second-order valence-electron chi connectivity index (χ2n) is 8.04. The number of carbonyl (C=O) groups is 1. The van der Waals surface area contributed by atoms with Crippen molar-refractivity contribution in [3.63, 3.8) is 0 Å². The van der Waals surface area contributed by atoms with E-state index in [9.17, 15) is 4.79 Å². The first-order chi connectivity index (χ1) is 12.3. The molecule has 1 aliphatic heterocycles. The van der Waals surface area contributed by atoms with Crippen LogP contribution in [0.1, 0.15) is 52.3 Å². The molecule has 0 fully saturated rings. The van der Waals surface area contributed by atoms with Crippen molar-refractivity contribution < 1.29 is 14.3 Å². The van der Waals surface area contributed by atoms with Gasteiger partial charge in [0.1, 0.15) is 11.4 Å². The molecule has 1 N–H and O–H groups in total. The van der Waals surface area contributed by atoms with Crippen molar-refractivity contribution in [1.29, 1.82) is 0 Å². The molecule has 5 nitrogen and oxygen atoms in total. The highest BCUT2D eigenvalue weighted by atomic mass is 16.6. The second-order valence-corrected chi connectivity index (χ2v) is 8.04. The number of benzene rings is 1. The predicted molar refractivity (Wildman–Crippen MR) is 104 cm³/mol. The van der Waals surface area contributed by atoms with Crippen molar-refractivity contribution in [1.82, 2.24) is 9.88 Å². The van der Waals surface area contributed by atoms with E-state index in [0.717, 1.165) is 25.1 Å². The number of nitrogens with one attached hydrogen (secondary N) is 1. The highest BCUT2D eigenvalue weighted by Gasteiger charge is 2.24. The molecule has 0 spiro atoms. The number of alkyl carbamates (subject to hydrolysis) is 1. The first-order valence-electron chi connectivity index (χ1n) is 9.55. The van der Waals surface area contributed by atoms with Crippen molar-refractivity contribution in [2.24, 2.45) is 0 Å². The van der Waals surface area contributed by atoms with Gasteiger partial charge in [0.25, 0.3) is 0 Å². The molecular weight excluding hydrogens is 328 g/mol. The predicted octanol–water partition coefficient (Wildman–Crippen LogP) is 4.44. The summed E-state index contributed by atoms with van der Waals surface area (Å²) in [6.45, 7) is 11.4. The van der Waals surface area contributed by atoms with Gasteiger partial charge in [0.05, 0.1) is 6.61 Å². The van der Waals surface area contributed by atoms with Crippen LogP contribution in [0.2, 0.25) is 0 Å². The summed E-state index contributed by atoms with van der Waals surface area (Å²) in [7, 11) is 0. The van der Waals surface area contributed by atoms with Gasteiger partial charge in [0.15, 0.2) is 0 Å². The second kappa shape index (κ2) is 7.22. The van der Waals surface area contributed by atoms with Crippen LogP contribution in [0.3, 0.4) is 0 Å². The van der Waals surface area contributed by atoms with E-state index in [2.05, 4.69) is 22.0 Å². The Morgan fingerprint density at radius 2 is 2.12 bits per heavy atom. The molecule has 142 valence electrons. The molecule has 1 amide bonds. The van der Waals surface area contributed by atoms with Crippen LogP contribution in [0.25, 0.3) is 10.9 Å². The lowest BCUT2D eigenvalue weighted by molar-refractivity contribution is 0.0508. The number of aryl methyl sites for hydroxylation is 1. The van der Waals surface area contributed by atoms with Crippen LogP contribution >= 0.6 is 0 Å². The third kappa shape index (κ3) is 3.97. The zero-order valence-corrected chi connectivity index (χ0v) is 16.5. The van der Waals surface area contributed by atoms with Gasteiger partial charge in [-0.05, 0) is 77.6 Å². The topological polar surface area (TPSA) is 52.5 Å². The number of amides is 1. The van der Waals surface area contributed by atoms with Crippen molar-refractivity contribution in [2.75, 3.05) is 6.61 Å². The molecule has 1 aromatic carbocycles. The summed E-state index contributed by atoms with van der Waals surface area (Å²) in [5, 5.41) is 4.21. The molecule has 0 radical (unpaired) electrons. The highest BCUT2D eigenvalue weighted by molar-refractivity contribution is 5.87. The van der Waals surface area contributed by atoms with E-state index in [1.165, 1.54) is 28.6 Å². The van der Waals surface area contributed by atoms with E-state index in [-0.39, 0.29) is 12.1 Å². The number of rotatable bonds is 5. The summed E-state index contributed by atoms with van der Waals surface area (Å²) < 4.78 is 13.5. The van der Waals surface area contributed by atoms with E-state index in [1.54, 1.807) is 0 Å². The van der Waals surface area contributed by atoms with Crippen LogP contribution in [-0.2, 0) is 24.1 Å². The normalized spacial score (nSPS) is 15.0. The number of hydrogen-bond acceptors (Lipinski definition) is 3. The minimum Gasteiger partial charge on any atom is -0.494 e. The van der Waals surface area contributed by atoms with Gasteiger partial charge >= 0.3 is 6.09 Å². The molecule has 1 aromatic heterocycles.